The van der Waals surface area contributed by atoms with Crippen molar-refractivity contribution in [3.8, 4) is 50.2 Å². The second-order valence-corrected chi connectivity index (χ2v) is 17.0. The molecule has 1 nitrogen and oxygen atoms in total. The zero-order chi connectivity index (χ0) is 44.9. The number of hydrogen-bond acceptors (Lipinski definition) is 0. The van der Waals surface area contributed by atoms with Crippen LogP contribution in [0.15, 0.2) is 206 Å². The van der Waals surface area contributed by atoms with Gasteiger partial charge in [-0.25, -0.2) is 0 Å². The largest absolute Gasteiger partial charge is 0.416 e. The SMILES string of the molecule is FC(F)(F)c1cccc(C2c3ccc(-c4ccc5c(c4)c4ccccc4n5-c4ccc(-c5c6ccccc6c(-c6ccccc6)c6ccccc56)cc4)cc3-c3cc(C(F)(F)F)ccc32)c1. The van der Waals surface area contributed by atoms with Gasteiger partial charge in [-0.2, -0.15) is 26.3 Å². The summed E-state index contributed by atoms with van der Waals surface area (Å²) < 4.78 is 86.3. The van der Waals surface area contributed by atoms with E-state index in [-0.39, 0.29) is 0 Å². The Bertz CT molecular complexity index is 3670. The minimum atomic E-state index is -4.60. The normalized spacial score (nSPS) is 13.8. The molecule has 1 aliphatic carbocycles. The van der Waals surface area contributed by atoms with E-state index in [4.69, 9.17) is 0 Å². The zero-order valence-electron chi connectivity index (χ0n) is 34.9. The van der Waals surface area contributed by atoms with Crippen molar-refractivity contribution < 1.29 is 26.3 Å². The molecular formula is C59H35F6N. The quantitative estimate of drug-likeness (QED) is 0.120. The Morgan fingerprint density at radius 2 is 0.818 bits per heavy atom. The number of benzene rings is 10. The molecule has 1 aromatic heterocycles. The number of fused-ring (bicyclic) bond motifs is 8. The molecule has 0 saturated heterocycles. The van der Waals surface area contributed by atoms with Crippen molar-refractivity contribution >= 4 is 43.4 Å². The highest BCUT2D eigenvalue weighted by Crippen LogP contribution is 2.52. The fourth-order valence-corrected chi connectivity index (χ4v) is 10.4. The number of nitrogens with zero attached hydrogens (tertiary/aromatic N) is 1. The minimum absolute atomic E-state index is 0.360. The topological polar surface area (TPSA) is 4.93 Å². The molecule has 0 amide bonds. The molecule has 0 fully saturated rings. The van der Waals surface area contributed by atoms with Gasteiger partial charge in [-0.3, -0.25) is 0 Å². The Balaban J connectivity index is 0.969. The fourth-order valence-electron chi connectivity index (χ4n) is 10.4. The van der Waals surface area contributed by atoms with E-state index >= 15 is 0 Å². The average Bonchev–Trinajstić information content (AvgIpc) is 3.85. The second kappa shape index (κ2) is 14.8. The summed E-state index contributed by atoms with van der Waals surface area (Å²) in [5, 5.41) is 6.77. The molecule has 0 bridgehead atoms. The highest BCUT2D eigenvalue weighted by atomic mass is 19.4. The predicted octanol–water partition coefficient (Wildman–Crippen LogP) is 17.3. The Hall–Kier alpha value is -7.90. The van der Waals surface area contributed by atoms with E-state index in [9.17, 15) is 26.3 Å². The lowest BCUT2D eigenvalue weighted by Gasteiger charge is -2.18. The standard InChI is InChI=1S/C59H35F6N/c60-58(61,62)40-14-10-13-39(31-40)57-48-28-23-37(32-50(48)51-34-41(59(63,64)65)25-29-49(51)57)38-24-30-54-52(33-38)43-15-8-9-20-53(43)66(54)42-26-21-36(22-27-42)56-46-18-6-4-16-44(46)55(35-11-2-1-3-12-35)45-17-5-7-19-47(45)56/h1-34,57H. The van der Waals surface area contributed by atoms with Crippen LogP contribution in [0, 0.1) is 0 Å². The van der Waals surface area contributed by atoms with E-state index in [0.29, 0.717) is 27.8 Å². The van der Waals surface area contributed by atoms with Crippen LogP contribution >= 0.6 is 0 Å². The van der Waals surface area contributed by atoms with Crippen LogP contribution in [0.1, 0.15) is 33.7 Å². The van der Waals surface area contributed by atoms with E-state index in [1.165, 1.54) is 50.4 Å². The maximum Gasteiger partial charge on any atom is 0.416 e. The number of alkyl halides is 6. The van der Waals surface area contributed by atoms with Crippen LogP contribution in [-0.4, -0.2) is 4.57 Å². The first-order valence-electron chi connectivity index (χ1n) is 21.7. The molecule has 11 aromatic rings. The van der Waals surface area contributed by atoms with Crippen molar-refractivity contribution in [3.63, 3.8) is 0 Å². The maximum atomic E-state index is 14.1. The van der Waals surface area contributed by atoms with Gasteiger partial charge in [-0.1, -0.05) is 152 Å². The third kappa shape index (κ3) is 6.32. The number of rotatable bonds is 5. The van der Waals surface area contributed by atoms with Gasteiger partial charge in [0.1, 0.15) is 0 Å². The first-order valence-corrected chi connectivity index (χ1v) is 21.7. The van der Waals surface area contributed by atoms with Crippen LogP contribution < -0.4 is 0 Å². The number of hydrogen-bond donors (Lipinski definition) is 0. The summed E-state index contributed by atoms with van der Waals surface area (Å²) in [4.78, 5) is 0. The van der Waals surface area contributed by atoms with Crippen molar-refractivity contribution in [3.05, 3.63) is 234 Å². The molecule has 1 aliphatic rings. The number of aromatic nitrogens is 1. The summed E-state index contributed by atoms with van der Waals surface area (Å²) in [6.07, 6.45) is -9.17. The van der Waals surface area contributed by atoms with Crippen LogP contribution in [0.25, 0.3) is 93.5 Å². The van der Waals surface area contributed by atoms with Crippen molar-refractivity contribution in [2.24, 2.45) is 0 Å². The van der Waals surface area contributed by atoms with Gasteiger partial charge in [-0.15, -0.1) is 0 Å². The molecular weight excluding hydrogens is 837 g/mol. The molecule has 0 aliphatic heterocycles. The molecule has 0 spiro atoms. The van der Waals surface area contributed by atoms with E-state index in [1.807, 2.05) is 42.5 Å². The summed E-state index contributed by atoms with van der Waals surface area (Å²) in [6.45, 7) is 0. The minimum Gasteiger partial charge on any atom is -0.309 e. The molecule has 318 valence electrons. The maximum absolute atomic E-state index is 14.1. The second-order valence-electron chi connectivity index (χ2n) is 17.0. The molecule has 12 rings (SSSR count). The summed E-state index contributed by atoms with van der Waals surface area (Å²) in [6, 6.07) is 65.1. The van der Waals surface area contributed by atoms with Crippen LogP contribution in [-0.2, 0) is 12.4 Å². The molecule has 0 saturated carbocycles. The van der Waals surface area contributed by atoms with Crippen LogP contribution in [0.4, 0.5) is 26.3 Å². The lowest BCUT2D eigenvalue weighted by atomic mass is 9.86. The van der Waals surface area contributed by atoms with Crippen molar-refractivity contribution in [1.29, 1.82) is 0 Å². The molecule has 10 aromatic carbocycles. The van der Waals surface area contributed by atoms with Gasteiger partial charge in [0.25, 0.3) is 0 Å². The lowest BCUT2D eigenvalue weighted by molar-refractivity contribution is -0.138. The summed E-state index contributed by atoms with van der Waals surface area (Å²) in [7, 11) is 0. The average molecular weight is 872 g/mol. The molecule has 0 radical (unpaired) electrons. The molecule has 1 atom stereocenters. The van der Waals surface area contributed by atoms with E-state index in [2.05, 4.69) is 126 Å². The molecule has 7 heteroatoms. The van der Waals surface area contributed by atoms with Gasteiger partial charge in [0, 0.05) is 22.4 Å². The Morgan fingerprint density at radius 3 is 1.45 bits per heavy atom. The molecule has 66 heavy (non-hydrogen) atoms. The lowest BCUT2D eigenvalue weighted by Crippen LogP contribution is -2.08. The zero-order valence-corrected chi connectivity index (χ0v) is 34.9. The van der Waals surface area contributed by atoms with Gasteiger partial charge in [0.15, 0.2) is 0 Å². The fraction of sp³-hybridized carbons (Fsp3) is 0.0508. The molecule has 0 N–H and O–H groups in total. The summed E-state index contributed by atoms with van der Waals surface area (Å²) in [5.41, 5.74) is 10.1. The van der Waals surface area contributed by atoms with Gasteiger partial charge in [0.2, 0.25) is 0 Å². The van der Waals surface area contributed by atoms with Gasteiger partial charge in [0.05, 0.1) is 22.2 Å². The van der Waals surface area contributed by atoms with E-state index in [0.717, 1.165) is 68.4 Å². The van der Waals surface area contributed by atoms with Crippen molar-refractivity contribution in [2.45, 2.75) is 18.3 Å². The summed E-state index contributed by atoms with van der Waals surface area (Å²) in [5.74, 6) is -0.674. The highest BCUT2D eigenvalue weighted by molar-refractivity contribution is 6.21. The van der Waals surface area contributed by atoms with Crippen molar-refractivity contribution in [2.75, 3.05) is 0 Å². The van der Waals surface area contributed by atoms with Gasteiger partial charge >= 0.3 is 12.4 Å². The molecule has 1 heterocycles. The smallest absolute Gasteiger partial charge is 0.309 e. The van der Waals surface area contributed by atoms with E-state index < -0.39 is 29.4 Å². The first kappa shape index (κ1) is 39.7. The van der Waals surface area contributed by atoms with Crippen LogP contribution in [0.3, 0.4) is 0 Å². The number of para-hydroxylation sites is 1. The first-order chi connectivity index (χ1) is 32.0. The molecule has 1 unspecified atom stereocenters. The Kier molecular flexibility index (Phi) is 8.91. The highest BCUT2D eigenvalue weighted by Gasteiger charge is 2.37. The predicted molar refractivity (Wildman–Crippen MR) is 255 cm³/mol. The third-order valence-corrected chi connectivity index (χ3v) is 13.3. The Labute approximate surface area is 375 Å². The van der Waals surface area contributed by atoms with Gasteiger partial charge < -0.3 is 4.57 Å². The van der Waals surface area contributed by atoms with E-state index in [1.54, 1.807) is 6.07 Å². The summed E-state index contributed by atoms with van der Waals surface area (Å²) >= 11 is 0. The van der Waals surface area contributed by atoms with Crippen LogP contribution in [0.2, 0.25) is 0 Å². The monoisotopic (exact) mass is 871 g/mol. The Morgan fingerprint density at radius 1 is 0.333 bits per heavy atom. The third-order valence-electron chi connectivity index (χ3n) is 13.3. The van der Waals surface area contributed by atoms with Crippen LogP contribution in [0.5, 0.6) is 0 Å². The van der Waals surface area contributed by atoms with Gasteiger partial charge in [-0.05, 0) is 137 Å². The van der Waals surface area contributed by atoms with Crippen molar-refractivity contribution in [1.82, 2.24) is 4.57 Å². The number of halogens is 6.